The smallest absolute Gasteiger partial charge is 0.295 e. The van der Waals surface area contributed by atoms with Crippen LogP contribution >= 0.6 is 0 Å². The van der Waals surface area contributed by atoms with E-state index in [4.69, 9.17) is 0 Å². The first-order chi connectivity index (χ1) is 12.0. The number of nitrogens with one attached hydrogen (secondary N) is 1. The summed E-state index contributed by atoms with van der Waals surface area (Å²) < 4.78 is 1.47. The van der Waals surface area contributed by atoms with Crippen LogP contribution in [0.5, 0.6) is 0 Å². The number of amides is 1. The molecule has 0 spiro atoms. The van der Waals surface area contributed by atoms with E-state index in [1.807, 2.05) is 62.4 Å². The van der Waals surface area contributed by atoms with Crippen molar-refractivity contribution in [2.45, 2.75) is 26.5 Å². The van der Waals surface area contributed by atoms with Crippen LogP contribution in [0.15, 0.2) is 54.9 Å². The summed E-state index contributed by atoms with van der Waals surface area (Å²) >= 11 is 0. The Morgan fingerprint density at radius 1 is 1.16 bits per heavy atom. The summed E-state index contributed by atoms with van der Waals surface area (Å²) in [6.07, 6.45) is 0.736. The second-order valence-corrected chi connectivity index (χ2v) is 5.97. The van der Waals surface area contributed by atoms with Gasteiger partial charge in [0, 0.05) is 5.69 Å². The minimum absolute atomic E-state index is 0.0680. The fraction of sp³-hybridized carbons (Fsp3) is 0.211. The van der Waals surface area contributed by atoms with Crippen molar-refractivity contribution in [3.8, 4) is 0 Å². The topological polar surface area (TPSA) is 80.0 Å². The van der Waals surface area contributed by atoms with Gasteiger partial charge in [0.15, 0.2) is 0 Å². The molecule has 0 saturated carbocycles. The quantitative estimate of drug-likeness (QED) is 0.751. The van der Waals surface area contributed by atoms with E-state index < -0.39 is 6.10 Å². The first-order valence-electron chi connectivity index (χ1n) is 8.04. The zero-order chi connectivity index (χ0) is 17.8. The Morgan fingerprint density at radius 3 is 2.64 bits per heavy atom. The average Bonchev–Trinajstić information content (AvgIpc) is 3.07. The molecule has 25 heavy (non-hydrogen) atoms. The fourth-order valence-electron chi connectivity index (χ4n) is 2.45. The number of benzene rings is 2. The molecule has 2 aromatic carbocycles. The Kier molecular flexibility index (Phi) is 4.90. The third-order valence-electron chi connectivity index (χ3n) is 4.05. The maximum absolute atomic E-state index is 12.3. The van der Waals surface area contributed by atoms with Crippen molar-refractivity contribution in [3.63, 3.8) is 0 Å². The molecule has 1 amide bonds. The molecule has 3 rings (SSSR count). The number of hydrogen-bond donors (Lipinski definition) is 2. The first-order valence-corrected chi connectivity index (χ1v) is 8.04. The van der Waals surface area contributed by atoms with Crippen LogP contribution in [0.3, 0.4) is 0 Å². The highest BCUT2D eigenvalue weighted by Gasteiger charge is 2.14. The van der Waals surface area contributed by atoms with Gasteiger partial charge in [0.1, 0.15) is 6.33 Å². The molecule has 0 aliphatic heterocycles. The number of aliphatic hydroxyl groups excluding tert-OH is 1. The Labute approximate surface area is 146 Å². The van der Waals surface area contributed by atoms with Gasteiger partial charge in [-0.1, -0.05) is 36.4 Å². The molecule has 128 valence electrons. The maximum atomic E-state index is 12.3. The number of rotatable bonds is 5. The average molecular weight is 336 g/mol. The number of aromatic nitrogens is 3. The summed E-state index contributed by atoms with van der Waals surface area (Å²) in [4.78, 5) is 16.3. The van der Waals surface area contributed by atoms with Crippen LogP contribution in [0.2, 0.25) is 0 Å². The Bertz CT molecular complexity index is 874. The zero-order valence-electron chi connectivity index (χ0n) is 14.2. The van der Waals surface area contributed by atoms with Crippen LogP contribution in [-0.4, -0.2) is 25.8 Å². The summed E-state index contributed by atoms with van der Waals surface area (Å²) in [7, 11) is 0. The van der Waals surface area contributed by atoms with Crippen molar-refractivity contribution in [3.05, 3.63) is 77.4 Å². The van der Waals surface area contributed by atoms with E-state index in [1.165, 1.54) is 11.0 Å². The molecule has 1 heterocycles. The number of carbonyl (C=O) groups is 1. The summed E-state index contributed by atoms with van der Waals surface area (Å²) in [5, 5.41) is 17.2. The number of hydrogen-bond acceptors (Lipinski definition) is 4. The molecule has 0 aliphatic rings. The van der Waals surface area contributed by atoms with Crippen molar-refractivity contribution in [2.24, 2.45) is 0 Å². The van der Waals surface area contributed by atoms with Crippen molar-refractivity contribution in [1.82, 2.24) is 14.8 Å². The fourth-order valence-corrected chi connectivity index (χ4v) is 2.45. The summed E-state index contributed by atoms with van der Waals surface area (Å²) in [5.74, 6) is -0.310. The third kappa shape index (κ3) is 4.10. The number of nitrogens with zero attached hydrogens (tertiary/aromatic N) is 3. The predicted octanol–water partition coefficient (Wildman–Crippen LogP) is 2.88. The van der Waals surface area contributed by atoms with Crippen LogP contribution in [0.1, 0.15) is 33.4 Å². The molecule has 6 heteroatoms. The third-order valence-corrected chi connectivity index (χ3v) is 4.05. The molecule has 0 aliphatic carbocycles. The molecule has 1 atom stereocenters. The Hall–Kier alpha value is -2.99. The van der Waals surface area contributed by atoms with E-state index in [1.54, 1.807) is 0 Å². The highest BCUT2D eigenvalue weighted by molar-refractivity contribution is 6.01. The number of anilines is 1. The van der Waals surface area contributed by atoms with Crippen molar-refractivity contribution >= 4 is 11.6 Å². The van der Waals surface area contributed by atoms with Gasteiger partial charge < -0.3 is 10.4 Å². The molecule has 0 bridgehead atoms. The van der Waals surface area contributed by atoms with Crippen LogP contribution in [0.25, 0.3) is 0 Å². The number of aryl methyl sites for hydroxylation is 2. The van der Waals surface area contributed by atoms with Crippen molar-refractivity contribution in [2.75, 3.05) is 5.32 Å². The lowest BCUT2D eigenvalue weighted by Gasteiger charge is -2.10. The molecule has 3 aromatic rings. The van der Waals surface area contributed by atoms with Crippen molar-refractivity contribution < 1.29 is 9.90 Å². The van der Waals surface area contributed by atoms with Gasteiger partial charge in [-0.25, -0.2) is 9.67 Å². The molecule has 6 nitrogen and oxygen atoms in total. The van der Waals surface area contributed by atoms with Gasteiger partial charge in [-0.05, 0) is 42.7 Å². The van der Waals surface area contributed by atoms with Crippen LogP contribution in [0, 0.1) is 13.8 Å². The standard InChI is InChI=1S/C19H20N4O2/c1-13-8-9-16(10-14(13)2)21-19(25)18-20-12-23(22-18)11-17(24)15-6-4-3-5-7-15/h3-10,12,17,24H,11H2,1-2H3,(H,21,25). The van der Waals surface area contributed by atoms with Crippen molar-refractivity contribution in [1.29, 1.82) is 0 Å². The van der Waals surface area contributed by atoms with Gasteiger partial charge in [-0.2, -0.15) is 0 Å². The van der Waals surface area contributed by atoms with Crippen LogP contribution in [-0.2, 0) is 6.54 Å². The zero-order valence-corrected chi connectivity index (χ0v) is 14.2. The van der Waals surface area contributed by atoms with Gasteiger partial charge in [-0.15, -0.1) is 5.10 Å². The molecule has 1 unspecified atom stereocenters. The first kappa shape index (κ1) is 16.9. The SMILES string of the molecule is Cc1ccc(NC(=O)c2ncn(CC(O)c3ccccc3)n2)cc1C. The van der Waals surface area contributed by atoms with Gasteiger partial charge in [0.05, 0.1) is 12.6 Å². The Morgan fingerprint density at radius 2 is 1.92 bits per heavy atom. The van der Waals surface area contributed by atoms with E-state index in [0.29, 0.717) is 5.69 Å². The van der Waals surface area contributed by atoms with Gasteiger partial charge in [0.25, 0.3) is 5.91 Å². The van der Waals surface area contributed by atoms with E-state index >= 15 is 0 Å². The molecule has 0 saturated heterocycles. The molecule has 0 fully saturated rings. The maximum Gasteiger partial charge on any atom is 0.295 e. The lowest BCUT2D eigenvalue weighted by atomic mass is 10.1. The lowest BCUT2D eigenvalue weighted by molar-refractivity contribution is 0.101. The molecular weight excluding hydrogens is 316 g/mol. The summed E-state index contributed by atoms with van der Waals surface area (Å²) in [5.41, 5.74) is 3.76. The highest BCUT2D eigenvalue weighted by Crippen LogP contribution is 2.16. The van der Waals surface area contributed by atoms with Crippen LogP contribution < -0.4 is 5.32 Å². The normalized spacial score (nSPS) is 12.0. The molecule has 1 aromatic heterocycles. The number of carbonyl (C=O) groups excluding carboxylic acids is 1. The highest BCUT2D eigenvalue weighted by atomic mass is 16.3. The minimum atomic E-state index is -0.710. The monoisotopic (exact) mass is 336 g/mol. The minimum Gasteiger partial charge on any atom is -0.386 e. The predicted molar refractivity (Wildman–Crippen MR) is 95.3 cm³/mol. The second-order valence-electron chi connectivity index (χ2n) is 5.97. The molecule has 2 N–H and O–H groups in total. The van der Waals surface area contributed by atoms with Gasteiger partial charge in [0.2, 0.25) is 5.82 Å². The van der Waals surface area contributed by atoms with Gasteiger partial charge in [-0.3, -0.25) is 4.79 Å². The van der Waals surface area contributed by atoms with Crippen LogP contribution in [0.4, 0.5) is 5.69 Å². The summed E-state index contributed by atoms with van der Waals surface area (Å²) in [6.45, 7) is 4.24. The van der Waals surface area contributed by atoms with E-state index in [-0.39, 0.29) is 18.3 Å². The van der Waals surface area contributed by atoms with E-state index in [0.717, 1.165) is 16.7 Å². The lowest BCUT2D eigenvalue weighted by Crippen LogP contribution is -2.15. The summed E-state index contributed by atoms with van der Waals surface area (Å²) in [6, 6.07) is 15.0. The second kappa shape index (κ2) is 7.27. The Balaban J connectivity index is 1.66. The molecule has 0 radical (unpaired) electrons. The largest absolute Gasteiger partial charge is 0.386 e. The van der Waals surface area contributed by atoms with Gasteiger partial charge >= 0.3 is 0 Å². The molecular formula is C19H20N4O2. The van der Waals surface area contributed by atoms with E-state index in [2.05, 4.69) is 15.4 Å². The van der Waals surface area contributed by atoms with E-state index in [9.17, 15) is 9.90 Å². The number of aliphatic hydroxyl groups is 1.